The first-order chi connectivity index (χ1) is 21.0. The third-order valence-electron chi connectivity index (χ3n) is 6.91. The van der Waals surface area contributed by atoms with Crippen LogP contribution >= 0.6 is 23.1 Å². The van der Waals surface area contributed by atoms with Crippen molar-refractivity contribution in [3.05, 3.63) is 137 Å². The lowest BCUT2D eigenvalue weighted by Crippen LogP contribution is -2.30. The quantitative estimate of drug-likeness (QED) is 0.137. The van der Waals surface area contributed by atoms with Gasteiger partial charge in [0.1, 0.15) is 5.70 Å². The predicted molar refractivity (Wildman–Crippen MR) is 177 cm³/mol. The van der Waals surface area contributed by atoms with Crippen LogP contribution < -0.4 is 10.6 Å². The molecule has 0 fully saturated rings. The number of anilines is 1. The molecule has 4 aromatic carbocycles. The van der Waals surface area contributed by atoms with Gasteiger partial charge in [-0.25, -0.2) is 0 Å². The molecule has 0 aliphatic rings. The molecular formula is C35H27N3O3S2. The summed E-state index contributed by atoms with van der Waals surface area (Å²) in [6, 6.07) is 35.7. The van der Waals surface area contributed by atoms with E-state index in [1.165, 1.54) is 23.1 Å². The lowest BCUT2D eigenvalue weighted by molar-refractivity contribution is -0.113. The monoisotopic (exact) mass is 601 g/mol. The number of thiophene rings is 1. The minimum atomic E-state index is -0.450. The molecule has 1 unspecified atom stereocenters. The SMILES string of the molecule is CC(Sc1cccc(NC(=O)/C(=C\c2cccs2)NC(=O)c2ccccc2)c1)C(=O)n1c2ccccc2c2ccccc21. The first kappa shape index (κ1) is 28.2. The van der Waals surface area contributed by atoms with Gasteiger partial charge in [-0.2, -0.15) is 0 Å². The number of thioether (sulfide) groups is 1. The smallest absolute Gasteiger partial charge is 0.272 e. The van der Waals surface area contributed by atoms with E-state index in [0.717, 1.165) is 31.6 Å². The van der Waals surface area contributed by atoms with Crippen molar-refractivity contribution in [1.82, 2.24) is 9.88 Å². The van der Waals surface area contributed by atoms with Crippen molar-refractivity contribution >= 4 is 74.4 Å². The van der Waals surface area contributed by atoms with Crippen LogP contribution in [0.25, 0.3) is 27.9 Å². The maximum atomic E-state index is 13.8. The molecule has 2 amide bonds. The zero-order chi connectivity index (χ0) is 29.8. The number of carbonyl (C=O) groups is 3. The molecule has 0 aliphatic carbocycles. The normalized spacial score (nSPS) is 12.3. The predicted octanol–water partition coefficient (Wildman–Crippen LogP) is 8.09. The number of amides is 2. The van der Waals surface area contributed by atoms with Crippen molar-refractivity contribution in [2.75, 3.05) is 5.32 Å². The molecule has 212 valence electrons. The maximum Gasteiger partial charge on any atom is 0.272 e. The Morgan fingerprint density at radius 3 is 2.14 bits per heavy atom. The van der Waals surface area contributed by atoms with Crippen LogP contribution in [0.4, 0.5) is 5.69 Å². The van der Waals surface area contributed by atoms with E-state index in [4.69, 9.17) is 0 Å². The van der Waals surface area contributed by atoms with Gasteiger partial charge < -0.3 is 10.6 Å². The Morgan fingerprint density at radius 2 is 1.47 bits per heavy atom. The van der Waals surface area contributed by atoms with Crippen LogP contribution in [0.3, 0.4) is 0 Å². The molecule has 2 heterocycles. The molecule has 6 aromatic rings. The lowest BCUT2D eigenvalue weighted by Gasteiger charge is -2.15. The van der Waals surface area contributed by atoms with Gasteiger partial charge in [-0.15, -0.1) is 23.1 Å². The molecule has 0 spiro atoms. The third-order valence-corrected chi connectivity index (χ3v) is 8.81. The van der Waals surface area contributed by atoms with Crippen molar-refractivity contribution < 1.29 is 14.4 Å². The number of nitrogens with zero attached hydrogens (tertiary/aromatic N) is 1. The van der Waals surface area contributed by atoms with Crippen LogP contribution in [-0.4, -0.2) is 27.5 Å². The minimum Gasteiger partial charge on any atom is -0.321 e. The van der Waals surface area contributed by atoms with E-state index in [1.807, 2.05) is 97.2 Å². The molecule has 1 atom stereocenters. The number of nitrogens with one attached hydrogen (secondary N) is 2. The molecule has 0 saturated heterocycles. The Balaban J connectivity index is 1.21. The highest BCUT2D eigenvalue weighted by molar-refractivity contribution is 8.00. The van der Waals surface area contributed by atoms with Gasteiger partial charge in [-0.1, -0.05) is 66.7 Å². The van der Waals surface area contributed by atoms with Crippen molar-refractivity contribution in [2.45, 2.75) is 17.1 Å². The van der Waals surface area contributed by atoms with Gasteiger partial charge in [-0.05, 0) is 66.9 Å². The fourth-order valence-corrected chi connectivity index (χ4v) is 6.52. The summed E-state index contributed by atoms with van der Waals surface area (Å²) in [6.45, 7) is 1.89. The van der Waals surface area contributed by atoms with E-state index < -0.39 is 11.2 Å². The first-order valence-corrected chi connectivity index (χ1v) is 15.5. The first-order valence-electron chi connectivity index (χ1n) is 13.7. The Morgan fingerprint density at radius 1 is 0.791 bits per heavy atom. The second kappa shape index (κ2) is 12.5. The summed E-state index contributed by atoms with van der Waals surface area (Å²) >= 11 is 2.89. The molecule has 0 saturated carbocycles. The summed E-state index contributed by atoms with van der Waals surface area (Å²) in [7, 11) is 0. The number of carbonyl (C=O) groups excluding carboxylic acids is 3. The molecule has 0 radical (unpaired) electrons. The second-order valence-corrected chi connectivity index (χ2v) is 12.2. The number of hydrogen-bond donors (Lipinski definition) is 2. The lowest BCUT2D eigenvalue weighted by atomic mass is 10.2. The van der Waals surface area contributed by atoms with Gasteiger partial charge >= 0.3 is 0 Å². The highest BCUT2D eigenvalue weighted by Gasteiger charge is 2.22. The average molecular weight is 602 g/mol. The van der Waals surface area contributed by atoms with Crippen LogP contribution in [0.5, 0.6) is 0 Å². The van der Waals surface area contributed by atoms with E-state index >= 15 is 0 Å². The fourth-order valence-electron chi connectivity index (χ4n) is 4.90. The molecule has 0 aliphatic heterocycles. The minimum absolute atomic E-state index is 0.0263. The van der Waals surface area contributed by atoms with Gasteiger partial charge in [0.25, 0.3) is 11.8 Å². The van der Waals surface area contributed by atoms with Crippen LogP contribution in [-0.2, 0) is 4.79 Å². The van der Waals surface area contributed by atoms with E-state index in [9.17, 15) is 14.4 Å². The van der Waals surface area contributed by atoms with Gasteiger partial charge in [-0.3, -0.25) is 19.0 Å². The van der Waals surface area contributed by atoms with Crippen molar-refractivity contribution in [1.29, 1.82) is 0 Å². The van der Waals surface area contributed by atoms with Crippen molar-refractivity contribution in [3.8, 4) is 0 Å². The molecular weight excluding hydrogens is 575 g/mol. The Kier molecular flexibility index (Phi) is 8.22. The van der Waals surface area contributed by atoms with Gasteiger partial charge in [0.2, 0.25) is 5.91 Å². The zero-order valence-corrected chi connectivity index (χ0v) is 24.8. The second-order valence-electron chi connectivity index (χ2n) is 9.84. The summed E-state index contributed by atoms with van der Waals surface area (Å²) in [5, 5.41) is 9.26. The van der Waals surface area contributed by atoms with Crippen LogP contribution in [0.1, 0.15) is 27.0 Å². The van der Waals surface area contributed by atoms with E-state index in [0.29, 0.717) is 11.3 Å². The van der Waals surface area contributed by atoms with E-state index in [1.54, 1.807) is 41.0 Å². The topological polar surface area (TPSA) is 80.2 Å². The number of para-hydroxylation sites is 2. The van der Waals surface area contributed by atoms with Crippen LogP contribution in [0.2, 0.25) is 0 Å². The van der Waals surface area contributed by atoms with E-state index in [2.05, 4.69) is 10.6 Å². The molecule has 43 heavy (non-hydrogen) atoms. The molecule has 8 heteroatoms. The van der Waals surface area contributed by atoms with Gasteiger partial charge in [0.15, 0.2) is 0 Å². The maximum absolute atomic E-state index is 13.8. The summed E-state index contributed by atoms with van der Waals surface area (Å²) in [5.41, 5.74) is 2.89. The number of benzene rings is 4. The van der Waals surface area contributed by atoms with Crippen LogP contribution in [0, 0.1) is 0 Å². The Bertz CT molecular complexity index is 1930. The molecule has 0 bridgehead atoms. The average Bonchev–Trinajstić information content (AvgIpc) is 3.67. The number of rotatable bonds is 8. The number of hydrogen-bond acceptors (Lipinski definition) is 5. The van der Waals surface area contributed by atoms with Crippen molar-refractivity contribution in [3.63, 3.8) is 0 Å². The number of fused-ring (bicyclic) bond motifs is 3. The summed E-state index contributed by atoms with van der Waals surface area (Å²) in [6.07, 6.45) is 1.66. The molecule has 2 N–H and O–H groups in total. The largest absolute Gasteiger partial charge is 0.321 e. The standard InChI is InChI=1S/C35H27N3O3S2/c1-23(35(41)38-31-18-7-5-16-28(31)29-17-6-8-19-32(29)38)43-27-14-9-13-25(21-27)36-34(40)30(22-26-15-10-20-42-26)37-33(39)24-11-3-2-4-12-24/h2-23H,1H3,(H,36,40)(H,37,39)/b30-22+. The van der Waals surface area contributed by atoms with Gasteiger partial charge in [0.05, 0.1) is 16.3 Å². The number of aromatic nitrogens is 1. The fraction of sp³-hybridized carbons (Fsp3) is 0.0571. The van der Waals surface area contributed by atoms with Gasteiger partial charge in [0, 0.05) is 31.8 Å². The van der Waals surface area contributed by atoms with Crippen LogP contribution in [0.15, 0.2) is 131 Å². The Labute approximate surface area is 257 Å². The molecule has 6 nitrogen and oxygen atoms in total. The summed E-state index contributed by atoms with van der Waals surface area (Å²) in [4.78, 5) is 41.7. The summed E-state index contributed by atoms with van der Waals surface area (Å²) < 4.78 is 1.80. The third kappa shape index (κ3) is 6.16. The zero-order valence-electron chi connectivity index (χ0n) is 23.2. The Hall–Kier alpha value is -4.92. The highest BCUT2D eigenvalue weighted by Crippen LogP contribution is 2.32. The van der Waals surface area contributed by atoms with E-state index in [-0.39, 0.29) is 17.5 Å². The highest BCUT2D eigenvalue weighted by atomic mass is 32.2. The molecule has 2 aromatic heterocycles. The summed E-state index contributed by atoms with van der Waals surface area (Å²) in [5.74, 6) is -0.851. The van der Waals surface area contributed by atoms with Crippen molar-refractivity contribution in [2.24, 2.45) is 0 Å². The molecule has 6 rings (SSSR count).